The van der Waals surface area contributed by atoms with E-state index in [2.05, 4.69) is 0 Å². The van der Waals surface area contributed by atoms with Crippen LogP contribution in [0.15, 0.2) is 0 Å². The molecule has 0 aliphatic rings. The van der Waals surface area contributed by atoms with Gasteiger partial charge in [0, 0.05) is 20.1 Å². The Morgan fingerprint density at radius 1 is 1.40 bits per heavy atom. The number of ether oxygens (including phenoxy) is 1. The van der Waals surface area contributed by atoms with Crippen molar-refractivity contribution >= 4 is 11.9 Å². The Kier molecular flexibility index (Phi) is 6.70. The van der Waals surface area contributed by atoms with Gasteiger partial charge >= 0.3 is 5.97 Å². The quantitative estimate of drug-likeness (QED) is 0.682. The summed E-state index contributed by atoms with van der Waals surface area (Å²) in [6.07, 6.45) is -0.0632. The zero-order valence-corrected chi connectivity index (χ0v) is 9.52. The number of hydrogen-bond acceptors (Lipinski definition) is 3. The van der Waals surface area contributed by atoms with Crippen LogP contribution in [-0.4, -0.2) is 48.2 Å². The van der Waals surface area contributed by atoms with Gasteiger partial charge in [0.15, 0.2) is 0 Å². The fraction of sp³-hybridized carbons (Fsp3) is 0.800. The number of amides is 1. The van der Waals surface area contributed by atoms with E-state index < -0.39 is 5.97 Å². The summed E-state index contributed by atoms with van der Waals surface area (Å²) in [6.45, 7) is 4.78. The van der Waals surface area contributed by atoms with E-state index in [4.69, 9.17) is 9.84 Å². The van der Waals surface area contributed by atoms with Crippen LogP contribution in [0, 0.1) is 0 Å². The van der Waals surface area contributed by atoms with Gasteiger partial charge in [-0.25, -0.2) is 0 Å². The Labute approximate surface area is 90.0 Å². The maximum atomic E-state index is 11.6. The van der Waals surface area contributed by atoms with Crippen molar-refractivity contribution in [2.45, 2.75) is 32.7 Å². The molecule has 0 aliphatic heterocycles. The van der Waals surface area contributed by atoms with Crippen LogP contribution < -0.4 is 0 Å². The minimum Gasteiger partial charge on any atom is -0.481 e. The number of carbonyl (C=O) groups excluding carboxylic acids is 1. The molecule has 0 saturated carbocycles. The molecule has 0 radical (unpaired) electrons. The number of methoxy groups -OCH3 is 1. The molecule has 5 nitrogen and oxygen atoms in total. The lowest BCUT2D eigenvalue weighted by molar-refractivity contribution is -0.141. The highest BCUT2D eigenvalue weighted by Crippen LogP contribution is 2.04. The number of hydrogen-bond donors (Lipinski definition) is 1. The Morgan fingerprint density at radius 3 is 2.40 bits per heavy atom. The second-order valence-corrected chi connectivity index (χ2v) is 3.38. The Bertz CT molecular complexity index is 217. The van der Waals surface area contributed by atoms with E-state index in [1.807, 2.05) is 13.8 Å². The molecule has 0 aromatic rings. The molecule has 1 amide bonds. The molecule has 0 saturated heterocycles. The van der Waals surface area contributed by atoms with Gasteiger partial charge in [-0.15, -0.1) is 0 Å². The molecule has 0 heterocycles. The summed E-state index contributed by atoms with van der Waals surface area (Å²) in [7, 11) is 1.58. The van der Waals surface area contributed by atoms with Crippen molar-refractivity contribution in [3.05, 3.63) is 0 Å². The molecular formula is C10H19NO4. The molecule has 0 aliphatic carbocycles. The standard InChI is InChI=1S/C10H19NO4/c1-4-11(8(2)7-15-3)9(12)5-6-10(13)14/h8H,4-7H2,1-3H3,(H,13,14). The maximum absolute atomic E-state index is 11.6. The molecular weight excluding hydrogens is 198 g/mol. The molecule has 0 rings (SSSR count). The maximum Gasteiger partial charge on any atom is 0.303 e. The third kappa shape index (κ3) is 5.37. The number of carbonyl (C=O) groups is 2. The number of rotatable bonds is 7. The molecule has 1 unspecified atom stereocenters. The average Bonchev–Trinajstić information content (AvgIpc) is 2.16. The predicted molar refractivity (Wildman–Crippen MR) is 55.6 cm³/mol. The van der Waals surface area contributed by atoms with Gasteiger partial charge in [-0.2, -0.15) is 0 Å². The van der Waals surface area contributed by atoms with Crippen LogP contribution in [0.4, 0.5) is 0 Å². The van der Waals surface area contributed by atoms with Crippen molar-refractivity contribution in [2.75, 3.05) is 20.3 Å². The first-order valence-corrected chi connectivity index (χ1v) is 5.03. The topological polar surface area (TPSA) is 66.8 Å². The van der Waals surface area contributed by atoms with Gasteiger partial charge in [0.2, 0.25) is 5.91 Å². The molecule has 0 fully saturated rings. The van der Waals surface area contributed by atoms with Crippen molar-refractivity contribution in [1.82, 2.24) is 4.90 Å². The second-order valence-electron chi connectivity index (χ2n) is 3.38. The second kappa shape index (κ2) is 7.23. The average molecular weight is 217 g/mol. The zero-order valence-electron chi connectivity index (χ0n) is 9.52. The highest BCUT2D eigenvalue weighted by atomic mass is 16.5. The molecule has 15 heavy (non-hydrogen) atoms. The highest BCUT2D eigenvalue weighted by Gasteiger charge is 2.18. The largest absolute Gasteiger partial charge is 0.481 e. The number of likely N-dealkylation sites (N-methyl/N-ethyl adjacent to an activating group) is 1. The fourth-order valence-electron chi connectivity index (χ4n) is 1.42. The lowest BCUT2D eigenvalue weighted by Crippen LogP contribution is -2.41. The van der Waals surface area contributed by atoms with Gasteiger partial charge in [-0.3, -0.25) is 9.59 Å². The van der Waals surface area contributed by atoms with E-state index in [-0.39, 0.29) is 24.8 Å². The summed E-state index contributed by atoms with van der Waals surface area (Å²) in [5, 5.41) is 8.46. The minimum atomic E-state index is -0.946. The molecule has 0 aromatic carbocycles. The van der Waals surface area contributed by atoms with Gasteiger partial charge in [-0.05, 0) is 13.8 Å². The lowest BCUT2D eigenvalue weighted by Gasteiger charge is -2.27. The normalized spacial score (nSPS) is 12.2. The molecule has 0 spiro atoms. The summed E-state index contributed by atoms with van der Waals surface area (Å²) in [5.41, 5.74) is 0. The van der Waals surface area contributed by atoms with Crippen LogP contribution in [0.5, 0.6) is 0 Å². The Hall–Kier alpha value is -1.10. The lowest BCUT2D eigenvalue weighted by atomic mass is 10.2. The van der Waals surface area contributed by atoms with Gasteiger partial charge in [0.05, 0.1) is 19.1 Å². The summed E-state index contributed by atoms with van der Waals surface area (Å²) < 4.78 is 4.95. The van der Waals surface area contributed by atoms with Crippen molar-refractivity contribution in [3.8, 4) is 0 Å². The van der Waals surface area contributed by atoms with Crippen LogP contribution in [0.25, 0.3) is 0 Å². The molecule has 1 atom stereocenters. The molecule has 0 bridgehead atoms. The van der Waals surface area contributed by atoms with E-state index in [1.54, 1.807) is 12.0 Å². The SMILES string of the molecule is CCN(C(=O)CCC(=O)O)C(C)COC. The third-order valence-electron chi connectivity index (χ3n) is 2.15. The van der Waals surface area contributed by atoms with Crippen LogP contribution >= 0.6 is 0 Å². The number of nitrogens with zero attached hydrogens (tertiary/aromatic N) is 1. The molecule has 1 N–H and O–H groups in total. The molecule has 88 valence electrons. The predicted octanol–water partition coefficient (Wildman–Crippen LogP) is 0.735. The van der Waals surface area contributed by atoms with E-state index in [0.717, 1.165) is 0 Å². The van der Waals surface area contributed by atoms with Gasteiger partial charge in [-0.1, -0.05) is 0 Å². The first-order chi connectivity index (χ1) is 7.02. The summed E-state index contributed by atoms with van der Waals surface area (Å²) in [6, 6.07) is -0.0127. The van der Waals surface area contributed by atoms with Gasteiger partial charge in [0.25, 0.3) is 0 Å². The highest BCUT2D eigenvalue weighted by molar-refractivity contribution is 5.80. The van der Waals surface area contributed by atoms with Crippen LogP contribution in [-0.2, 0) is 14.3 Å². The zero-order chi connectivity index (χ0) is 11.8. The van der Waals surface area contributed by atoms with E-state index in [1.165, 1.54) is 0 Å². The van der Waals surface area contributed by atoms with Gasteiger partial charge in [0.1, 0.15) is 0 Å². The molecule has 0 aromatic heterocycles. The first kappa shape index (κ1) is 13.9. The van der Waals surface area contributed by atoms with Crippen LogP contribution in [0.1, 0.15) is 26.7 Å². The molecule has 5 heteroatoms. The first-order valence-electron chi connectivity index (χ1n) is 5.03. The van der Waals surface area contributed by atoms with Crippen molar-refractivity contribution < 1.29 is 19.4 Å². The number of aliphatic carboxylic acids is 1. The van der Waals surface area contributed by atoms with Crippen LogP contribution in [0.3, 0.4) is 0 Å². The summed E-state index contributed by atoms with van der Waals surface area (Å²) in [5.74, 6) is -1.08. The Balaban J connectivity index is 4.14. The smallest absolute Gasteiger partial charge is 0.303 e. The third-order valence-corrected chi connectivity index (χ3v) is 2.15. The van der Waals surface area contributed by atoms with E-state index in [0.29, 0.717) is 13.2 Å². The van der Waals surface area contributed by atoms with Crippen molar-refractivity contribution in [1.29, 1.82) is 0 Å². The van der Waals surface area contributed by atoms with Crippen LogP contribution in [0.2, 0.25) is 0 Å². The van der Waals surface area contributed by atoms with E-state index in [9.17, 15) is 9.59 Å². The minimum absolute atomic E-state index is 0.0127. The van der Waals surface area contributed by atoms with Crippen molar-refractivity contribution in [3.63, 3.8) is 0 Å². The summed E-state index contributed by atoms with van der Waals surface area (Å²) in [4.78, 5) is 23.5. The Morgan fingerprint density at radius 2 is 2.00 bits per heavy atom. The number of carboxylic acid groups (broad SMARTS) is 1. The van der Waals surface area contributed by atoms with E-state index >= 15 is 0 Å². The van der Waals surface area contributed by atoms with Crippen molar-refractivity contribution in [2.24, 2.45) is 0 Å². The number of carboxylic acids is 1. The monoisotopic (exact) mass is 217 g/mol. The fourth-order valence-corrected chi connectivity index (χ4v) is 1.42. The summed E-state index contributed by atoms with van der Waals surface area (Å²) >= 11 is 0. The van der Waals surface area contributed by atoms with Gasteiger partial charge < -0.3 is 14.7 Å².